The van der Waals surface area contributed by atoms with Gasteiger partial charge in [0.15, 0.2) is 11.6 Å². The second-order valence-electron chi connectivity index (χ2n) is 7.56. The Labute approximate surface area is 180 Å². The normalized spacial score (nSPS) is 11.2. The van der Waals surface area contributed by atoms with E-state index in [1.807, 2.05) is 67.8 Å². The molecule has 148 valence electrons. The van der Waals surface area contributed by atoms with Crippen LogP contribution < -0.4 is 4.74 Å². The highest BCUT2D eigenvalue weighted by molar-refractivity contribution is 14.1. The standard InChI is InChI=1S/C22H22INO3.CH4/c1-22(2,3)20(25)13-24-12-18(17-10-9-16(27-4)11-19(17)24)21(26)14-5-7-15(23)8-6-14;/h5-12H,13H2,1-4H3;1H4. The lowest BCUT2D eigenvalue weighted by molar-refractivity contribution is -0.126. The van der Waals surface area contributed by atoms with Crippen molar-refractivity contribution in [3.8, 4) is 5.75 Å². The van der Waals surface area contributed by atoms with E-state index in [1.165, 1.54) is 0 Å². The maximum Gasteiger partial charge on any atom is 0.195 e. The summed E-state index contributed by atoms with van der Waals surface area (Å²) in [5.41, 5.74) is 1.60. The topological polar surface area (TPSA) is 48.3 Å². The van der Waals surface area contributed by atoms with Gasteiger partial charge in [0.1, 0.15) is 5.75 Å². The van der Waals surface area contributed by atoms with Gasteiger partial charge < -0.3 is 9.30 Å². The van der Waals surface area contributed by atoms with Crippen LogP contribution in [0.5, 0.6) is 5.75 Å². The highest BCUT2D eigenvalue weighted by Gasteiger charge is 2.24. The molecule has 0 N–H and O–H groups in total. The molecule has 0 spiro atoms. The lowest BCUT2D eigenvalue weighted by Crippen LogP contribution is -2.24. The Morgan fingerprint density at radius 1 is 1.07 bits per heavy atom. The van der Waals surface area contributed by atoms with Gasteiger partial charge in [-0.15, -0.1) is 0 Å². The second kappa shape index (κ2) is 8.47. The molecule has 0 unspecified atom stereocenters. The summed E-state index contributed by atoms with van der Waals surface area (Å²) in [6.45, 7) is 5.92. The summed E-state index contributed by atoms with van der Waals surface area (Å²) in [4.78, 5) is 25.7. The Balaban J connectivity index is 0.00000280. The Morgan fingerprint density at radius 2 is 1.71 bits per heavy atom. The minimum Gasteiger partial charge on any atom is -0.497 e. The van der Waals surface area contributed by atoms with E-state index in [9.17, 15) is 9.59 Å². The van der Waals surface area contributed by atoms with Crippen molar-refractivity contribution in [3.05, 3.63) is 63.4 Å². The number of aromatic nitrogens is 1. The zero-order chi connectivity index (χ0) is 19.8. The van der Waals surface area contributed by atoms with Crippen molar-refractivity contribution >= 4 is 45.1 Å². The summed E-state index contributed by atoms with van der Waals surface area (Å²) in [6.07, 6.45) is 1.79. The number of carbonyl (C=O) groups excluding carboxylic acids is 2. The first-order valence-corrected chi connectivity index (χ1v) is 9.79. The number of methoxy groups -OCH3 is 1. The summed E-state index contributed by atoms with van der Waals surface area (Å²) in [6, 6.07) is 13.1. The van der Waals surface area contributed by atoms with E-state index in [0.29, 0.717) is 16.9 Å². The lowest BCUT2D eigenvalue weighted by Gasteiger charge is -2.17. The zero-order valence-corrected chi connectivity index (χ0v) is 18.0. The number of halogens is 1. The van der Waals surface area contributed by atoms with Crippen molar-refractivity contribution < 1.29 is 14.3 Å². The number of Topliss-reactive ketones (excluding diaryl/α,β-unsaturated/α-hetero) is 1. The van der Waals surface area contributed by atoms with Gasteiger partial charge in [0.05, 0.1) is 19.2 Å². The van der Waals surface area contributed by atoms with Gasteiger partial charge in [0, 0.05) is 37.8 Å². The van der Waals surface area contributed by atoms with Crippen molar-refractivity contribution in [2.45, 2.75) is 34.7 Å². The molecule has 0 aliphatic heterocycles. The van der Waals surface area contributed by atoms with Gasteiger partial charge in [-0.3, -0.25) is 9.59 Å². The molecule has 0 bridgehead atoms. The Hall–Kier alpha value is -2.15. The van der Waals surface area contributed by atoms with Gasteiger partial charge in [-0.2, -0.15) is 0 Å². The molecule has 0 amide bonds. The molecule has 2 aromatic carbocycles. The molecule has 0 radical (unpaired) electrons. The van der Waals surface area contributed by atoms with E-state index >= 15 is 0 Å². The molecule has 0 atom stereocenters. The summed E-state index contributed by atoms with van der Waals surface area (Å²) in [5.74, 6) is 0.748. The number of ether oxygens (including phenoxy) is 1. The molecule has 0 saturated carbocycles. The van der Waals surface area contributed by atoms with Crippen LogP contribution in [0.25, 0.3) is 10.9 Å². The smallest absolute Gasteiger partial charge is 0.195 e. The second-order valence-corrected chi connectivity index (χ2v) is 8.81. The number of ketones is 2. The average Bonchev–Trinajstić information content (AvgIpc) is 2.98. The fourth-order valence-electron chi connectivity index (χ4n) is 2.86. The number of rotatable bonds is 5. The molecule has 0 aliphatic carbocycles. The first-order chi connectivity index (χ1) is 12.7. The van der Waals surface area contributed by atoms with Gasteiger partial charge in [0.25, 0.3) is 0 Å². The fourth-order valence-corrected chi connectivity index (χ4v) is 3.22. The minimum absolute atomic E-state index is 0. The monoisotopic (exact) mass is 491 g/mol. The van der Waals surface area contributed by atoms with Crippen LogP contribution in [-0.2, 0) is 11.3 Å². The van der Waals surface area contributed by atoms with E-state index in [4.69, 9.17) is 4.74 Å². The third kappa shape index (κ3) is 4.46. The van der Waals surface area contributed by atoms with Crippen LogP contribution in [0.4, 0.5) is 0 Å². The van der Waals surface area contributed by atoms with E-state index < -0.39 is 5.41 Å². The molecule has 0 fully saturated rings. The molecule has 1 aromatic heterocycles. The summed E-state index contributed by atoms with van der Waals surface area (Å²) in [7, 11) is 1.60. The Bertz CT molecular complexity index is 1010. The SMILES string of the molecule is C.COc1ccc2c(C(=O)c3ccc(I)cc3)cn(CC(=O)C(C)(C)C)c2c1. The van der Waals surface area contributed by atoms with Crippen LogP contribution in [0.15, 0.2) is 48.7 Å². The molecule has 0 saturated heterocycles. The van der Waals surface area contributed by atoms with E-state index in [0.717, 1.165) is 14.5 Å². The number of fused-ring (bicyclic) bond motifs is 1. The quantitative estimate of drug-likeness (QED) is 0.338. The van der Waals surface area contributed by atoms with Gasteiger partial charge in [-0.25, -0.2) is 0 Å². The third-order valence-corrected chi connectivity index (χ3v) is 5.31. The van der Waals surface area contributed by atoms with Crippen molar-refractivity contribution in [3.63, 3.8) is 0 Å². The van der Waals surface area contributed by atoms with Crippen molar-refractivity contribution in [1.82, 2.24) is 4.57 Å². The molecular formula is C23H26INO3. The fraction of sp³-hybridized carbons (Fsp3) is 0.304. The first kappa shape index (κ1) is 22.1. The largest absolute Gasteiger partial charge is 0.497 e. The molecule has 4 nitrogen and oxygen atoms in total. The van der Waals surface area contributed by atoms with Crippen molar-refractivity contribution in [2.24, 2.45) is 5.41 Å². The highest BCUT2D eigenvalue weighted by atomic mass is 127. The van der Waals surface area contributed by atoms with Gasteiger partial charge in [-0.1, -0.05) is 28.2 Å². The van der Waals surface area contributed by atoms with Crippen LogP contribution in [0.3, 0.4) is 0 Å². The molecule has 28 heavy (non-hydrogen) atoms. The molecular weight excluding hydrogens is 465 g/mol. The first-order valence-electron chi connectivity index (χ1n) is 8.71. The third-order valence-electron chi connectivity index (χ3n) is 4.59. The van der Waals surface area contributed by atoms with Crippen molar-refractivity contribution in [2.75, 3.05) is 7.11 Å². The predicted molar refractivity (Wildman–Crippen MR) is 122 cm³/mol. The molecule has 1 heterocycles. The molecule has 0 aliphatic rings. The van der Waals surface area contributed by atoms with Crippen LogP contribution in [0.2, 0.25) is 0 Å². The molecule has 5 heteroatoms. The van der Waals surface area contributed by atoms with Gasteiger partial charge >= 0.3 is 0 Å². The van der Waals surface area contributed by atoms with Gasteiger partial charge in [-0.05, 0) is 59.0 Å². The maximum atomic E-state index is 13.1. The number of nitrogens with zero attached hydrogens (tertiary/aromatic N) is 1. The Morgan fingerprint density at radius 3 is 2.29 bits per heavy atom. The summed E-state index contributed by atoms with van der Waals surface area (Å²) >= 11 is 2.21. The zero-order valence-electron chi connectivity index (χ0n) is 15.9. The minimum atomic E-state index is -0.449. The van der Waals surface area contributed by atoms with Crippen molar-refractivity contribution in [1.29, 1.82) is 0 Å². The van der Waals surface area contributed by atoms with Crippen LogP contribution in [0.1, 0.15) is 44.1 Å². The number of carbonyl (C=O) groups is 2. The van der Waals surface area contributed by atoms with Gasteiger partial charge in [0.2, 0.25) is 0 Å². The van der Waals surface area contributed by atoms with E-state index in [2.05, 4.69) is 22.6 Å². The van der Waals surface area contributed by atoms with Crippen LogP contribution in [-0.4, -0.2) is 23.2 Å². The maximum absolute atomic E-state index is 13.1. The van der Waals surface area contributed by atoms with E-state index in [-0.39, 0.29) is 25.5 Å². The predicted octanol–water partition coefficient (Wildman–Crippen LogP) is 5.74. The summed E-state index contributed by atoms with van der Waals surface area (Å²) in [5, 5.41) is 0.820. The average molecular weight is 491 g/mol. The molecule has 3 aromatic rings. The van der Waals surface area contributed by atoms with Crippen LogP contribution in [0, 0.1) is 8.99 Å². The number of hydrogen-bond donors (Lipinski definition) is 0. The Kier molecular flexibility index (Phi) is 6.70. The number of hydrogen-bond acceptors (Lipinski definition) is 3. The number of benzene rings is 2. The lowest BCUT2D eigenvalue weighted by atomic mass is 9.91. The van der Waals surface area contributed by atoms with Crippen LogP contribution >= 0.6 is 22.6 Å². The molecule has 3 rings (SSSR count). The highest BCUT2D eigenvalue weighted by Crippen LogP contribution is 2.29. The van der Waals surface area contributed by atoms with E-state index in [1.54, 1.807) is 13.3 Å². The summed E-state index contributed by atoms with van der Waals surface area (Å²) < 4.78 is 8.26.